The predicted octanol–water partition coefficient (Wildman–Crippen LogP) is 12.9. The fraction of sp³-hybridized carbons (Fsp3) is 0.0182. The second-order valence-electron chi connectivity index (χ2n) is 15.7. The standard InChI is InChI=1S/C55H33N5/c1-3-18-34(19-4-1)45-31-17-32-46(56-45)53-57-52(35-20-5-2-6-21-35)58-54(59-53)60-47-33-16-12-27-41(47)49-39-25-8-7-24-38(39)48-40-26-11-15-30-44(40)55(50(48)51(49)60)42-28-13-9-22-36(42)37-23-10-14-29-43(37)55/h1-33H. The average molecular weight is 764 g/mol. The average Bonchev–Trinajstić information content (AvgIpc) is 3.95. The molecule has 11 aromatic rings. The molecule has 2 aliphatic rings. The maximum Gasteiger partial charge on any atom is 0.238 e. The van der Waals surface area contributed by atoms with Gasteiger partial charge in [-0.3, -0.25) is 4.57 Å². The molecule has 0 fully saturated rings. The van der Waals surface area contributed by atoms with Crippen LogP contribution >= 0.6 is 0 Å². The van der Waals surface area contributed by atoms with Crippen molar-refractivity contribution < 1.29 is 0 Å². The van der Waals surface area contributed by atoms with Gasteiger partial charge in [-0.25, -0.2) is 9.97 Å². The molecule has 60 heavy (non-hydrogen) atoms. The van der Waals surface area contributed by atoms with E-state index in [2.05, 4.69) is 150 Å². The van der Waals surface area contributed by atoms with Gasteiger partial charge in [0.2, 0.25) is 5.95 Å². The van der Waals surface area contributed by atoms with Crippen molar-refractivity contribution in [1.82, 2.24) is 24.5 Å². The highest BCUT2D eigenvalue weighted by Gasteiger charge is 2.53. The topological polar surface area (TPSA) is 56.5 Å². The Balaban J connectivity index is 1.22. The number of benzene rings is 8. The molecule has 0 amide bonds. The Kier molecular flexibility index (Phi) is 6.87. The van der Waals surface area contributed by atoms with Gasteiger partial charge in [-0.15, -0.1) is 0 Å². The van der Waals surface area contributed by atoms with Gasteiger partial charge in [0.05, 0.1) is 22.1 Å². The first-order valence-electron chi connectivity index (χ1n) is 20.4. The molecule has 3 heterocycles. The van der Waals surface area contributed by atoms with Crippen LogP contribution in [0.5, 0.6) is 0 Å². The van der Waals surface area contributed by atoms with Crippen LogP contribution in [0.4, 0.5) is 0 Å². The molecule has 0 radical (unpaired) electrons. The van der Waals surface area contributed by atoms with Crippen molar-refractivity contribution in [2.75, 3.05) is 0 Å². The minimum absolute atomic E-state index is 0.509. The van der Waals surface area contributed by atoms with Crippen LogP contribution in [-0.2, 0) is 5.41 Å². The summed E-state index contributed by atoms with van der Waals surface area (Å²) < 4.78 is 2.33. The monoisotopic (exact) mass is 763 g/mol. The summed E-state index contributed by atoms with van der Waals surface area (Å²) in [5.74, 6) is 1.63. The molecule has 2 aliphatic carbocycles. The Morgan fingerprint density at radius 3 is 1.62 bits per heavy atom. The van der Waals surface area contributed by atoms with Gasteiger partial charge in [0, 0.05) is 27.5 Å². The summed E-state index contributed by atoms with van der Waals surface area (Å²) in [6.07, 6.45) is 0. The number of fused-ring (bicyclic) bond motifs is 17. The zero-order valence-corrected chi connectivity index (χ0v) is 32.3. The minimum Gasteiger partial charge on any atom is -0.277 e. The zero-order valence-electron chi connectivity index (χ0n) is 32.3. The molecule has 0 aliphatic heterocycles. The van der Waals surface area contributed by atoms with Crippen LogP contribution in [-0.4, -0.2) is 24.5 Å². The van der Waals surface area contributed by atoms with Crippen molar-refractivity contribution in [2.24, 2.45) is 0 Å². The van der Waals surface area contributed by atoms with Gasteiger partial charge in [0.25, 0.3) is 0 Å². The van der Waals surface area contributed by atoms with E-state index in [1.807, 2.05) is 54.6 Å². The van der Waals surface area contributed by atoms with Crippen LogP contribution in [0.1, 0.15) is 22.3 Å². The molecular formula is C55H33N5. The summed E-state index contributed by atoms with van der Waals surface area (Å²) in [6.45, 7) is 0. The van der Waals surface area contributed by atoms with Crippen LogP contribution in [0, 0.1) is 0 Å². The number of pyridine rings is 1. The molecule has 0 N–H and O–H groups in total. The van der Waals surface area contributed by atoms with Gasteiger partial charge in [0.15, 0.2) is 11.6 Å². The van der Waals surface area contributed by atoms with E-state index < -0.39 is 5.41 Å². The lowest BCUT2D eigenvalue weighted by molar-refractivity contribution is 0.795. The lowest BCUT2D eigenvalue weighted by atomic mass is 9.70. The lowest BCUT2D eigenvalue weighted by Crippen LogP contribution is -2.27. The first-order valence-corrected chi connectivity index (χ1v) is 20.4. The van der Waals surface area contributed by atoms with Gasteiger partial charge < -0.3 is 0 Å². The van der Waals surface area contributed by atoms with Gasteiger partial charge in [-0.2, -0.15) is 9.97 Å². The van der Waals surface area contributed by atoms with Crippen molar-refractivity contribution in [2.45, 2.75) is 5.41 Å². The predicted molar refractivity (Wildman–Crippen MR) is 242 cm³/mol. The SMILES string of the molecule is c1ccc(-c2cccc(-c3nc(-c4ccccc4)nc(-n4c5ccccc5c5c6ccccc6c6c(c54)C4(c5ccccc5-c5ccccc54)c4ccccc4-6)n3)n2)cc1. The molecular weight excluding hydrogens is 731 g/mol. The molecule has 0 atom stereocenters. The molecule has 0 saturated heterocycles. The molecule has 8 aromatic carbocycles. The Morgan fingerprint density at radius 2 is 0.900 bits per heavy atom. The van der Waals surface area contributed by atoms with E-state index >= 15 is 0 Å². The Hall–Kier alpha value is -8.02. The number of rotatable bonds is 4. The van der Waals surface area contributed by atoms with Crippen LogP contribution in [0.3, 0.4) is 0 Å². The van der Waals surface area contributed by atoms with E-state index in [0.717, 1.165) is 33.2 Å². The van der Waals surface area contributed by atoms with Gasteiger partial charge in [-0.05, 0) is 67.9 Å². The lowest BCUT2D eigenvalue weighted by Gasteiger charge is -2.31. The Morgan fingerprint density at radius 1 is 0.367 bits per heavy atom. The Bertz CT molecular complexity index is 3510. The number of aromatic nitrogens is 5. The van der Waals surface area contributed by atoms with E-state index in [-0.39, 0.29) is 0 Å². The maximum absolute atomic E-state index is 5.44. The maximum atomic E-state index is 5.44. The zero-order chi connectivity index (χ0) is 39.4. The smallest absolute Gasteiger partial charge is 0.238 e. The van der Waals surface area contributed by atoms with E-state index in [1.54, 1.807) is 0 Å². The quantitative estimate of drug-likeness (QED) is 0.179. The summed E-state index contributed by atoms with van der Waals surface area (Å²) in [6, 6.07) is 71.2. The van der Waals surface area contributed by atoms with Crippen molar-refractivity contribution in [3.8, 4) is 62.4 Å². The normalized spacial score (nSPS) is 13.1. The van der Waals surface area contributed by atoms with Crippen LogP contribution in [0.15, 0.2) is 200 Å². The molecule has 13 rings (SSSR count). The highest BCUT2D eigenvalue weighted by molar-refractivity contribution is 6.27. The number of para-hydroxylation sites is 1. The van der Waals surface area contributed by atoms with Crippen molar-refractivity contribution in [3.05, 3.63) is 222 Å². The third-order valence-corrected chi connectivity index (χ3v) is 12.7. The number of nitrogens with zero attached hydrogens (tertiary/aromatic N) is 5. The minimum atomic E-state index is -0.614. The third kappa shape index (κ3) is 4.41. The largest absolute Gasteiger partial charge is 0.277 e. The molecule has 0 unspecified atom stereocenters. The molecule has 0 saturated carbocycles. The van der Waals surface area contributed by atoms with Crippen LogP contribution in [0.2, 0.25) is 0 Å². The number of hydrogen-bond donors (Lipinski definition) is 0. The fourth-order valence-corrected chi connectivity index (χ4v) is 10.4. The summed E-state index contributed by atoms with van der Waals surface area (Å²) in [5.41, 5.74) is 15.1. The van der Waals surface area contributed by atoms with E-state index in [0.29, 0.717) is 23.3 Å². The van der Waals surface area contributed by atoms with E-state index in [9.17, 15) is 0 Å². The summed E-state index contributed by atoms with van der Waals surface area (Å²) in [7, 11) is 0. The summed E-state index contributed by atoms with van der Waals surface area (Å²) >= 11 is 0. The van der Waals surface area contributed by atoms with Gasteiger partial charge in [0.1, 0.15) is 5.69 Å². The summed E-state index contributed by atoms with van der Waals surface area (Å²) in [5, 5.41) is 4.76. The van der Waals surface area contributed by atoms with E-state index in [4.69, 9.17) is 19.9 Å². The Labute approximate surface area is 346 Å². The highest BCUT2D eigenvalue weighted by Crippen LogP contribution is 2.66. The molecule has 0 bridgehead atoms. The first-order chi connectivity index (χ1) is 29.8. The highest BCUT2D eigenvalue weighted by atomic mass is 15.2. The second kappa shape index (κ2) is 12.5. The van der Waals surface area contributed by atoms with Gasteiger partial charge in [-0.1, -0.05) is 182 Å². The van der Waals surface area contributed by atoms with Crippen molar-refractivity contribution in [1.29, 1.82) is 0 Å². The van der Waals surface area contributed by atoms with Crippen molar-refractivity contribution in [3.63, 3.8) is 0 Å². The molecule has 278 valence electrons. The second-order valence-corrected chi connectivity index (χ2v) is 15.7. The molecule has 5 nitrogen and oxygen atoms in total. The third-order valence-electron chi connectivity index (χ3n) is 12.7. The van der Waals surface area contributed by atoms with E-state index in [1.165, 1.54) is 60.7 Å². The fourth-order valence-electron chi connectivity index (χ4n) is 10.4. The molecule has 5 heteroatoms. The van der Waals surface area contributed by atoms with Gasteiger partial charge >= 0.3 is 0 Å². The number of hydrogen-bond acceptors (Lipinski definition) is 4. The summed E-state index contributed by atoms with van der Waals surface area (Å²) in [4.78, 5) is 21.2. The van der Waals surface area contributed by atoms with Crippen LogP contribution in [0.25, 0.3) is 94.9 Å². The molecule has 1 spiro atoms. The van der Waals surface area contributed by atoms with Crippen LogP contribution < -0.4 is 0 Å². The first kappa shape index (κ1) is 33.0. The molecule has 3 aromatic heterocycles. The van der Waals surface area contributed by atoms with Crippen molar-refractivity contribution >= 4 is 32.6 Å².